The molecule has 0 atom stereocenters. The molecule has 0 saturated carbocycles. The van der Waals surface area contributed by atoms with Crippen LogP contribution in [0.3, 0.4) is 0 Å². The molecular weight excluding hydrogens is 369 g/mol. The van der Waals surface area contributed by atoms with Crippen LogP contribution in [-0.4, -0.2) is 11.4 Å². The predicted octanol–water partition coefficient (Wildman–Crippen LogP) is 6.19. The van der Waals surface area contributed by atoms with Crippen LogP contribution in [-0.2, 0) is 6.61 Å². The van der Waals surface area contributed by atoms with Crippen molar-refractivity contribution in [1.82, 2.24) is 0 Å². The summed E-state index contributed by atoms with van der Waals surface area (Å²) in [6.45, 7) is 0.142. The SMILES string of the molecule is ON=Cc1c(OCc2c(Cl)ccc(Cl)c2Cl)ccc2ccccc12. The van der Waals surface area contributed by atoms with Gasteiger partial charge in [-0.15, -0.1) is 0 Å². The Bertz CT molecular complexity index is 926. The molecule has 0 aliphatic heterocycles. The van der Waals surface area contributed by atoms with E-state index in [-0.39, 0.29) is 6.61 Å². The van der Waals surface area contributed by atoms with Gasteiger partial charge in [0, 0.05) is 16.1 Å². The van der Waals surface area contributed by atoms with E-state index in [4.69, 9.17) is 44.7 Å². The maximum absolute atomic E-state index is 8.97. The van der Waals surface area contributed by atoms with Crippen LogP contribution in [0.4, 0.5) is 0 Å². The largest absolute Gasteiger partial charge is 0.488 e. The number of benzene rings is 3. The molecule has 0 aliphatic rings. The van der Waals surface area contributed by atoms with Gasteiger partial charge in [-0.1, -0.05) is 70.3 Å². The molecule has 0 radical (unpaired) electrons. The monoisotopic (exact) mass is 379 g/mol. The number of fused-ring (bicyclic) bond motifs is 1. The van der Waals surface area contributed by atoms with Crippen LogP contribution in [0, 0.1) is 0 Å². The van der Waals surface area contributed by atoms with E-state index in [0.29, 0.717) is 31.9 Å². The molecule has 0 spiro atoms. The van der Waals surface area contributed by atoms with Crippen molar-refractivity contribution in [1.29, 1.82) is 0 Å². The highest BCUT2D eigenvalue weighted by molar-refractivity contribution is 6.44. The molecule has 3 aromatic rings. The lowest BCUT2D eigenvalue weighted by Crippen LogP contribution is -2.01. The molecule has 0 amide bonds. The Morgan fingerprint density at radius 2 is 1.71 bits per heavy atom. The Kier molecular flexibility index (Phi) is 5.14. The van der Waals surface area contributed by atoms with Crippen molar-refractivity contribution < 1.29 is 9.94 Å². The lowest BCUT2D eigenvalue weighted by molar-refractivity contribution is 0.305. The standard InChI is InChI=1S/C18H12Cl3NO2/c19-15-6-7-16(20)18(21)14(15)10-24-17-8-5-11-3-1-2-4-12(11)13(17)9-22-23/h1-9,23H,10H2. The highest BCUT2D eigenvalue weighted by Gasteiger charge is 2.13. The van der Waals surface area contributed by atoms with Crippen molar-refractivity contribution in [3.05, 3.63) is 74.7 Å². The number of hydrogen-bond donors (Lipinski definition) is 1. The van der Waals surface area contributed by atoms with Gasteiger partial charge in [-0.2, -0.15) is 0 Å². The maximum atomic E-state index is 8.97. The molecule has 6 heteroatoms. The number of ether oxygens (including phenoxy) is 1. The number of halogens is 3. The molecule has 3 rings (SSSR count). The van der Waals surface area contributed by atoms with Crippen LogP contribution in [0.2, 0.25) is 15.1 Å². The first kappa shape index (κ1) is 16.9. The average Bonchev–Trinajstić information content (AvgIpc) is 2.60. The van der Waals surface area contributed by atoms with Gasteiger partial charge in [0.2, 0.25) is 0 Å². The summed E-state index contributed by atoms with van der Waals surface area (Å²) in [6.07, 6.45) is 1.35. The molecule has 0 unspecified atom stereocenters. The Morgan fingerprint density at radius 3 is 2.50 bits per heavy atom. The second-order valence-electron chi connectivity index (χ2n) is 5.05. The van der Waals surface area contributed by atoms with Crippen molar-refractivity contribution >= 4 is 51.8 Å². The van der Waals surface area contributed by atoms with E-state index >= 15 is 0 Å². The van der Waals surface area contributed by atoms with E-state index in [1.165, 1.54) is 6.21 Å². The predicted molar refractivity (Wildman–Crippen MR) is 99.1 cm³/mol. The summed E-state index contributed by atoms with van der Waals surface area (Å²) in [4.78, 5) is 0. The normalized spacial score (nSPS) is 11.3. The van der Waals surface area contributed by atoms with Crippen LogP contribution in [0.25, 0.3) is 10.8 Å². The minimum Gasteiger partial charge on any atom is -0.488 e. The Hall–Kier alpha value is -1.94. The molecule has 122 valence electrons. The summed E-state index contributed by atoms with van der Waals surface area (Å²) >= 11 is 18.4. The van der Waals surface area contributed by atoms with E-state index in [1.54, 1.807) is 12.1 Å². The van der Waals surface area contributed by atoms with Crippen LogP contribution in [0.5, 0.6) is 5.75 Å². The molecule has 0 fully saturated rings. The van der Waals surface area contributed by atoms with E-state index in [0.717, 1.165) is 10.8 Å². The molecule has 0 bridgehead atoms. The fourth-order valence-electron chi connectivity index (χ4n) is 2.44. The number of nitrogens with zero attached hydrogens (tertiary/aromatic N) is 1. The van der Waals surface area contributed by atoms with Crippen molar-refractivity contribution in [2.75, 3.05) is 0 Å². The third-order valence-corrected chi connectivity index (χ3v) is 4.83. The summed E-state index contributed by atoms with van der Waals surface area (Å²) in [5, 5.41) is 15.3. The van der Waals surface area contributed by atoms with E-state index in [2.05, 4.69) is 5.16 Å². The molecule has 3 aromatic carbocycles. The quantitative estimate of drug-likeness (QED) is 0.254. The molecule has 24 heavy (non-hydrogen) atoms. The third kappa shape index (κ3) is 3.29. The summed E-state index contributed by atoms with van der Waals surface area (Å²) < 4.78 is 5.87. The first-order valence-corrected chi connectivity index (χ1v) is 8.19. The highest BCUT2D eigenvalue weighted by atomic mass is 35.5. The van der Waals surface area contributed by atoms with Crippen LogP contribution >= 0.6 is 34.8 Å². The van der Waals surface area contributed by atoms with E-state index < -0.39 is 0 Å². The second-order valence-corrected chi connectivity index (χ2v) is 6.25. The van der Waals surface area contributed by atoms with E-state index in [9.17, 15) is 0 Å². The van der Waals surface area contributed by atoms with Crippen molar-refractivity contribution in [2.24, 2.45) is 5.16 Å². The first-order chi connectivity index (χ1) is 11.6. The van der Waals surface area contributed by atoms with Crippen LogP contribution < -0.4 is 4.74 Å². The molecule has 3 nitrogen and oxygen atoms in total. The van der Waals surface area contributed by atoms with Gasteiger partial charge in [0.1, 0.15) is 12.4 Å². The van der Waals surface area contributed by atoms with Crippen LogP contribution in [0.1, 0.15) is 11.1 Å². The average molecular weight is 381 g/mol. The lowest BCUT2D eigenvalue weighted by atomic mass is 10.0. The summed E-state index contributed by atoms with van der Waals surface area (Å²) in [5.41, 5.74) is 1.27. The third-order valence-electron chi connectivity index (χ3n) is 3.63. The number of oxime groups is 1. The summed E-state index contributed by atoms with van der Waals surface area (Å²) in [7, 11) is 0. The number of hydrogen-bond acceptors (Lipinski definition) is 3. The Balaban J connectivity index is 1.99. The van der Waals surface area contributed by atoms with Gasteiger partial charge < -0.3 is 9.94 Å². The minimum absolute atomic E-state index is 0.142. The van der Waals surface area contributed by atoms with Gasteiger partial charge in [0.15, 0.2) is 0 Å². The molecule has 1 N–H and O–H groups in total. The van der Waals surface area contributed by atoms with Crippen molar-refractivity contribution in [3.8, 4) is 5.75 Å². The van der Waals surface area contributed by atoms with Gasteiger partial charge in [-0.05, 0) is 29.0 Å². The minimum atomic E-state index is 0.142. The Labute approximate surface area is 154 Å². The van der Waals surface area contributed by atoms with Gasteiger partial charge in [0.05, 0.1) is 16.3 Å². The highest BCUT2D eigenvalue weighted by Crippen LogP contribution is 2.33. The van der Waals surface area contributed by atoms with Gasteiger partial charge in [-0.25, -0.2) is 0 Å². The molecule has 0 aromatic heterocycles. The second kappa shape index (κ2) is 7.31. The fraction of sp³-hybridized carbons (Fsp3) is 0.0556. The molecular formula is C18H12Cl3NO2. The smallest absolute Gasteiger partial charge is 0.129 e. The zero-order valence-corrected chi connectivity index (χ0v) is 14.6. The zero-order valence-electron chi connectivity index (χ0n) is 12.3. The fourth-order valence-corrected chi connectivity index (χ4v) is 3.10. The van der Waals surface area contributed by atoms with E-state index in [1.807, 2.05) is 36.4 Å². The van der Waals surface area contributed by atoms with Gasteiger partial charge >= 0.3 is 0 Å². The first-order valence-electron chi connectivity index (χ1n) is 7.06. The van der Waals surface area contributed by atoms with Crippen molar-refractivity contribution in [2.45, 2.75) is 6.61 Å². The topological polar surface area (TPSA) is 41.8 Å². The summed E-state index contributed by atoms with van der Waals surface area (Å²) in [5.74, 6) is 0.554. The number of rotatable bonds is 4. The molecule has 0 aliphatic carbocycles. The van der Waals surface area contributed by atoms with Gasteiger partial charge in [-0.3, -0.25) is 0 Å². The van der Waals surface area contributed by atoms with Gasteiger partial charge in [0.25, 0.3) is 0 Å². The lowest BCUT2D eigenvalue weighted by Gasteiger charge is -2.13. The Morgan fingerprint density at radius 1 is 0.958 bits per heavy atom. The summed E-state index contributed by atoms with van der Waals surface area (Å²) in [6, 6.07) is 14.8. The molecule has 0 heterocycles. The maximum Gasteiger partial charge on any atom is 0.129 e. The van der Waals surface area contributed by atoms with Crippen molar-refractivity contribution in [3.63, 3.8) is 0 Å². The zero-order chi connectivity index (χ0) is 17.1. The van der Waals surface area contributed by atoms with Crippen LogP contribution in [0.15, 0.2) is 53.7 Å². The molecule has 0 saturated heterocycles.